The Bertz CT molecular complexity index is 545. The minimum absolute atomic E-state index is 0.165. The number of nitrogens with zero attached hydrogens (tertiary/aromatic N) is 1. The number of thiophene rings is 1. The molecule has 0 spiro atoms. The summed E-state index contributed by atoms with van der Waals surface area (Å²) in [5.41, 5.74) is 1.27. The van der Waals surface area contributed by atoms with E-state index < -0.39 is 12.0 Å². The van der Waals surface area contributed by atoms with Gasteiger partial charge in [0.05, 0.1) is 11.0 Å². The second kappa shape index (κ2) is 5.77. The Morgan fingerprint density at radius 3 is 2.81 bits per heavy atom. The van der Waals surface area contributed by atoms with E-state index in [0.29, 0.717) is 17.8 Å². The molecule has 1 fully saturated rings. The van der Waals surface area contributed by atoms with E-state index in [1.165, 1.54) is 39.5 Å². The molecule has 3 rings (SSSR count). The van der Waals surface area contributed by atoms with Crippen LogP contribution < -0.4 is 0 Å². The third-order valence-electron chi connectivity index (χ3n) is 4.35. The van der Waals surface area contributed by atoms with Crippen molar-refractivity contribution in [3.05, 3.63) is 21.4 Å². The van der Waals surface area contributed by atoms with Crippen LogP contribution in [-0.2, 0) is 22.4 Å². The summed E-state index contributed by atoms with van der Waals surface area (Å²) in [4.78, 5) is 27.4. The Kier molecular flexibility index (Phi) is 3.99. The third-order valence-corrected chi connectivity index (χ3v) is 5.57. The van der Waals surface area contributed by atoms with Gasteiger partial charge in [-0.05, 0) is 37.3 Å². The van der Waals surface area contributed by atoms with Gasteiger partial charge in [0.1, 0.15) is 6.04 Å². The Labute approximate surface area is 127 Å². The van der Waals surface area contributed by atoms with Crippen LogP contribution in [0.5, 0.6) is 0 Å². The monoisotopic (exact) mass is 309 g/mol. The number of hydrogen-bond donors (Lipinski definition) is 1. The number of carboxylic acids is 1. The molecule has 0 radical (unpaired) electrons. The zero-order valence-corrected chi connectivity index (χ0v) is 12.8. The SMILES string of the molecule is COC1CC(C(=O)O)N(C(=O)c2cc3c(s2)CCCC3)C1. The van der Waals surface area contributed by atoms with E-state index in [2.05, 4.69) is 0 Å². The van der Waals surface area contributed by atoms with Gasteiger partial charge >= 0.3 is 5.97 Å². The van der Waals surface area contributed by atoms with Crippen LogP contribution in [0.25, 0.3) is 0 Å². The number of aryl methyl sites for hydroxylation is 2. The number of likely N-dealkylation sites (tertiary alicyclic amines) is 1. The molecule has 5 nitrogen and oxygen atoms in total. The number of carbonyl (C=O) groups is 2. The minimum Gasteiger partial charge on any atom is -0.480 e. The molecule has 1 amide bonds. The summed E-state index contributed by atoms with van der Waals surface area (Å²) in [7, 11) is 1.56. The van der Waals surface area contributed by atoms with Gasteiger partial charge in [-0.1, -0.05) is 0 Å². The second-order valence-corrected chi connectivity index (χ2v) is 6.81. The van der Waals surface area contributed by atoms with Crippen LogP contribution in [0.3, 0.4) is 0 Å². The van der Waals surface area contributed by atoms with Crippen molar-refractivity contribution in [1.82, 2.24) is 4.90 Å². The van der Waals surface area contributed by atoms with Crippen molar-refractivity contribution in [2.24, 2.45) is 0 Å². The molecule has 0 saturated carbocycles. The number of carbonyl (C=O) groups excluding carboxylic acids is 1. The van der Waals surface area contributed by atoms with E-state index in [4.69, 9.17) is 4.74 Å². The molecule has 114 valence electrons. The lowest BCUT2D eigenvalue weighted by atomic mass is 9.99. The minimum atomic E-state index is -0.954. The number of methoxy groups -OCH3 is 1. The smallest absolute Gasteiger partial charge is 0.326 e. The molecule has 2 aliphatic rings. The van der Waals surface area contributed by atoms with Crippen LogP contribution in [0.1, 0.15) is 39.4 Å². The first kappa shape index (κ1) is 14.5. The molecular formula is C15H19NO4S. The maximum atomic E-state index is 12.7. The van der Waals surface area contributed by atoms with Gasteiger partial charge in [0.25, 0.3) is 5.91 Å². The van der Waals surface area contributed by atoms with E-state index in [-0.39, 0.29) is 12.0 Å². The van der Waals surface area contributed by atoms with Crippen LogP contribution in [0, 0.1) is 0 Å². The fraction of sp³-hybridized carbons (Fsp3) is 0.600. The molecule has 2 unspecified atom stereocenters. The van der Waals surface area contributed by atoms with Crippen molar-refractivity contribution in [2.45, 2.75) is 44.2 Å². The topological polar surface area (TPSA) is 66.8 Å². The molecule has 0 bridgehead atoms. The highest BCUT2D eigenvalue weighted by molar-refractivity contribution is 7.14. The van der Waals surface area contributed by atoms with Crippen molar-refractivity contribution in [3.63, 3.8) is 0 Å². The van der Waals surface area contributed by atoms with Crippen LogP contribution in [0.2, 0.25) is 0 Å². The van der Waals surface area contributed by atoms with Crippen molar-refractivity contribution >= 4 is 23.2 Å². The molecule has 1 aliphatic carbocycles. The predicted octanol–water partition coefficient (Wildman–Crippen LogP) is 1.94. The molecule has 1 saturated heterocycles. The van der Waals surface area contributed by atoms with Crippen LogP contribution in [0.4, 0.5) is 0 Å². The van der Waals surface area contributed by atoms with Gasteiger partial charge in [0.2, 0.25) is 0 Å². The van der Waals surface area contributed by atoms with E-state index in [1.807, 2.05) is 6.07 Å². The number of fused-ring (bicyclic) bond motifs is 1. The zero-order valence-electron chi connectivity index (χ0n) is 12.0. The van der Waals surface area contributed by atoms with E-state index >= 15 is 0 Å². The highest BCUT2D eigenvalue weighted by Gasteiger charge is 2.40. The first-order valence-electron chi connectivity index (χ1n) is 7.28. The lowest BCUT2D eigenvalue weighted by Gasteiger charge is -2.20. The number of ether oxygens (including phenoxy) is 1. The van der Waals surface area contributed by atoms with Crippen molar-refractivity contribution < 1.29 is 19.4 Å². The largest absolute Gasteiger partial charge is 0.480 e. The van der Waals surface area contributed by atoms with Crippen LogP contribution in [0.15, 0.2) is 6.07 Å². The average Bonchev–Trinajstić information content (AvgIpc) is 3.10. The molecule has 2 atom stereocenters. The molecule has 6 heteroatoms. The maximum Gasteiger partial charge on any atom is 0.326 e. The first-order chi connectivity index (χ1) is 10.1. The quantitative estimate of drug-likeness (QED) is 0.926. The predicted molar refractivity (Wildman–Crippen MR) is 78.8 cm³/mol. The normalized spacial score (nSPS) is 24.9. The summed E-state index contributed by atoms with van der Waals surface area (Å²) in [6.07, 6.45) is 4.59. The number of hydrogen-bond acceptors (Lipinski definition) is 4. The lowest BCUT2D eigenvalue weighted by Crippen LogP contribution is -2.40. The van der Waals surface area contributed by atoms with Crippen molar-refractivity contribution in [3.8, 4) is 0 Å². The van der Waals surface area contributed by atoms with Crippen molar-refractivity contribution in [1.29, 1.82) is 0 Å². The summed E-state index contributed by atoms with van der Waals surface area (Å²) in [5, 5.41) is 9.31. The van der Waals surface area contributed by atoms with Gasteiger partial charge < -0.3 is 14.7 Å². The summed E-state index contributed by atoms with van der Waals surface area (Å²) < 4.78 is 5.24. The number of rotatable bonds is 3. The van der Waals surface area contributed by atoms with E-state index in [9.17, 15) is 14.7 Å². The van der Waals surface area contributed by atoms with Gasteiger partial charge in [-0.3, -0.25) is 4.79 Å². The molecule has 1 N–H and O–H groups in total. The van der Waals surface area contributed by atoms with Gasteiger partial charge in [0, 0.05) is 25.0 Å². The summed E-state index contributed by atoms with van der Waals surface area (Å²) >= 11 is 1.53. The lowest BCUT2D eigenvalue weighted by molar-refractivity contribution is -0.141. The third kappa shape index (κ3) is 2.70. The molecule has 0 aromatic carbocycles. The number of amides is 1. The number of carboxylic acid groups (broad SMARTS) is 1. The highest BCUT2D eigenvalue weighted by Crippen LogP contribution is 2.32. The fourth-order valence-corrected chi connectivity index (χ4v) is 4.37. The molecule has 1 aromatic heterocycles. The Hall–Kier alpha value is -1.40. The Balaban J connectivity index is 1.83. The van der Waals surface area contributed by atoms with Gasteiger partial charge in [0.15, 0.2) is 0 Å². The summed E-state index contributed by atoms with van der Waals surface area (Å²) in [5.74, 6) is -1.12. The zero-order chi connectivity index (χ0) is 15.0. The second-order valence-electron chi connectivity index (χ2n) is 5.67. The van der Waals surface area contributed by atoms with Gasteiger partial charge in [-0.2, -0.15) is 0 Å². The first-order valence-corrected chi connectivity index (χ1v) is 8.10. The van der Waals surface area contributed by atoms with E-state index in [0.717, 1.165) is 12.8 Å². The van der Waals surface area contributed by atoms with Crippen LogP contribution >= 0.6 is 11.3 Å². The van der Waals surface area contributed by atoms with E-state index in [1.54, 1.807) is 7.11 Å². The standard InChI is InChI=1S/C15H19NO4S/c1-20-10-7-11(15(18)19)16(8-10)14(17)13-6-9-4-2-3-5-12(9)21-13/h6,10-11H,2-5,7-8H2,1H3,(H,18,19). The molecule has 21 heavy (non-hydrogen) atoms. The Morgan fingerprint density at radius 1 is 1.38 bits per heavy atom. The maximum absolute atomic E-state index is 12.7. The van der Waals surface area contributed by atoms with Crippen molar-refractivity contribution in [2.75, 3.05) is 13.7 Å². The highest BCUT2D eigenvalue weighted by atomic mass is 32.1. The number of aliphatic carboxylic acids is 1. The fourth-order valence-electron chi connectivity index (χ4n) is 3.16. The van der Waals surface area contributed by atoms with Crippen LogP contribution in [-0.4, -0.2) is 47.7 Å². The molecular weight excluding hydrogens is 290 g/mol. The molecule has 1 aromatic rings. The summed E-state index contributed by atoms with van der Waals surface area (Å²) in [6, 6.07) is 1.18. The molecule has 1 aliphatic heterocycles. The molecule has 2 heterocycles. The van der Waals surface area contributed by atoms with Gasteiger partial charge in [-0.25, -0.2) is 4.79 Å². The van der Waals surface area contributed by atoms with Gasteiger partial charge in [-0.15, -0.1) is 11.3 Å². The average molecular weight is 309 g/mol. The summed E-state index contributed by atoms with van der Waals surface area (Å²) in [6.45, 7) is 0.356. The Morgan fingerprint density at radius 2 is 2.14 bits per heavy atom.